The third-order valence-electron chi connectivity index (χ3n) is 4.10. The highest BCUT2D eigenvalue weighted by atomic mass is 127. The van der Waals surface area contributed by atoms with Crippen LogP contribution >= 0.6 is 24.0 Å². The van der Waals surface area contributed by atoms with Crippen LogP contribution in [0.15, 0.2) is 23.2 Å². The van der Waals surface area contributed by atoms with Gasteiger partial charge >= 0.3 is 0 Å². The number of aryl methyl sites for hydroxylation is 1. The van der Waals surface area contributed by atoms with Crippen molar-refractivity contribution in [2.45, 2.75) is 51.6 Å². The van der Waals surface area contributed by atoms with E-state index in [1.165, 1.54) is 37.7 Å². The molecule has 0 saturated heterocycles. The fourth-order valence-electron chi connectivity index (χ4n) is 2.80. The van der Waals surface area contributed by atoms with E-state index in [9.17, 15) is 0 Å². The first kappa shape index (κ1) is 19.1. The fourth-order valence-corrected chi connectivity index (χ4v) is 2.80. The van der Waals surface area contributed by atoms with E-state index in [-0.39, 0.29) is 24.0 Å². The Morgan fingerprint density at radius 3 is 2.64 bits per heavy atom. The largest absolute Gasteiger partial charge is 0.496 e. The predicted octanol–water partition coefficient (Wildman–Crippen LogP) is 3.62. The van der Waals surface area contributed by atoms with Crippen LogP contribution in [0, 0.1) is 6.92 Å². The Morgan fingerprint density at radius 2 is 2.00 bits per heavy atom. The molecule has 0 radical (unpaired) electrons. The summed E-state index contributed by atoms with van der Waals surface area (Å²) in [5.74, 6) is 1.82. The van der Waals surface area contributed by atoms with Crippen LogP contribution in [0.4, 0.5) is 0 Å². The van der Waals surface area contributed by atoms with Gasteiger partial charge in [0.15, 0.2) is 5.96 Å². The Bertz CT molecular complexity index is 485. The molecule has 1 fully saturated rings. The number of ether oxygens (including phenoxy) is 1. The number of nitrogens with zero attached hydrogens (tertiary/aromatic N) is 1. The van der Waals surface area contributed by atoms with Crippen molar-refractivity contribution >= 4 is 29.9 Å². The molecule has 0 unspecified atom stereocenters. The summed E-state index contributed by atoms with van der Waals surface area (Å²) >= 11 is 0. The van der Waals surface area contributed by atoms with E-state index >= 15 is 0 Å². The van der Waals surface area contributed by atoms with Gasteiger partial charge < -0.3 is 15.4 Å². The Hall–Kier alpha value is -0.980. The number of nitrogens with one attached hydrogen (secondary N) is 2. The van der Waals surface area contributed by atoms with Crippen LogP contribution < -0.4 is 15.4 Å². The standard InChI is InChI=1S/C17H27N3O.HI/c1-13-9-10-14(11-16(13)21-3)12-19-17(18-2)20-15-7-5-4-6-8-15;/h9-11,15H,4-8,12H2,1-3H3,(H2,18,19,20);1H. The van der Waals surface area contributed by atoms with E-state index in [0.717, 1.165) is 23.8 Å². The minimum atomic E-state index is 0. The summed E-state index contributed by atoms with van der Waals surface area (Å²) in [6, 6.07) is 6.86. The Balaban J connectivity index is 0.00000242. The molecule has 0 aromatic heterocycles. The van der Waals surface area contributed by atoms with Gasteiger partial charge in [-0.2, -0.15) is 0 Å². The van der Waals surface area contributed by atoms with Crippen molar-refractivity contribution in [3.63, 3.8) is 0 Å². The van der Waals surface area contributed by atoms with Crippen molar-refractivity contribution in [2.75, 3.05) is 14.2 Å². The minimum Gasteiger partial charge on any atom is -0.496 e. The number of benzene rings is 1. The van der Waals surface area contributed by atoms with Crippen molar-refractivity contribution in [3.8, 4) is 5.75 Å². The van der Waals surface area contributed by atoms with Gasteiger partial charge in [0.1, 0.15) is 5.75 Å². The van der Waals surface area contributed by atoms with Gasteiger partial charge in [-0.3, -0.25) is 4.99 Å². The zero-order valence-electron chi connectivity index (χ0n) is 13.8. The van der Waals surface area contributed by atoms with Crippen LogP contribution in [-0.2, 0) is 6.54 Å². The average Bonchev–Trinajstić information content (AvgIpc) is 2.53. The summed E-state index contributed by atoms with van der Waals surface area (Å²) in [5.41, 5.74) is 2.36. The van der Waals surface area contributed by atoms with E-state index < -0.39 is 0 Å². The Labute approximate surface area is 151 Å². The maximum Gasteiger partial charge on any atom is 0.191 e. The predicted molar refractivity (Wildman–Crippen MR) is 103 cm³/mol. The molecular formula is C17H28IN3O. The summed E-state index contributed by atoms with van der Waals surface area (Å²) in [6.07, 6.45) is 6.51. The molecule has 1 aliphatic rings. The SMILES string of the molecule is CN=C(NCc1ccc(C)c(OC)c1)NC1CCCCC1.I. The molecule has 0 amide bonds. The molecule has 124 valence electrons. The summed E-state index contributed by atoms with van der Waals surface area (Å²) in [4.78, 5) is 4.32. The van der Waals surface area contributed by atoms with E-state index in [2.05, 4.69) is 40.7 Å². The van der Waals surface area contributed by atoms with Gasteiger partial charge in [-0.05, 0) is 37.0 Å². The monoisotopic (exact) mass is 417 g/mol. The molecule has 0 spiro atoms. The highest BCUT2D eigenvalue weighted by Gasteiger charge is 2.14. The molecule has 5 heteroatoms. The lowest BCUT2D eigenvalue weighted by Crippen LogP contribution is -2.43. The van der Waals surface area contributed by atoms with E-state index in [4.69, 9.17) is 4.74 Å². The number of hydrogen-bond acceptors (Lipinski definition) is 2. The summed E-state index contributed by atoms with van der Waals surface area (Å²) in [5, 5.41) is 6.91. The van der Waals surface area contributed by atoms with Crippen LogP contribution in [-0.4, -0.2) is 26.2 Å². The topological polar surface area (TPSA) is 45.7 Å². The van der Waals surface area contributed by atoms with Crippen molar-refractivity contribution in [2.24, 2.45) is 4.99 Å². The fraction of sp³-hybridized carbons (Fsp3) is 0.588. The maximum atomic E-state index is 5.37. The van der Waals surface area contributed by atoms with E-state index in [1.54, 1.807) is 7.11 Å². The number of aliphatic imine (C=N–C) groups is 1. The molecule has 1 aromatic rings. The molecule has 1 aliphatic carbocycles. The molecular weight excluding hydrogens is 389 g/mol. The second kappa shape index (κ2) is 9.92. The first-order valence-electron chi connectivity index (χ1n) is 7.83. The van der Waals surface area contributed by atoms with Crippen LogP contribution in [0.1, 0.15) is 43.2 Å². The molecule has 0 aliphatic heterocycles. The number of rotatable bonds is 4. The highest BCUT2D eigenvalue weighted by Crippen LogP contribution is 2.19. The summed E-state index contributed by atoms with van der Waals surface area (Å²) in [7, 11) is 3.54. The number of halogens is 1. The normalized spacial score (nSPS) is 15.9. The van der Waals surface area contributed by atoms with Gasteiger partial charge in [-0.1, -0.05) is 31.4 Å². The molecule has 4 nitrogen and oxygen atoms in total. The van der Waals surface area contributed by atoms with Gasteiger partial charge in [-0.25, -0.2) is 0 Å². The molecule has 0 bridgehead atoms. The highest BCUT2D eigenvalue weighted by molar-refractivity contribution is 14.0. The molecule has 2 rings (SSSR count). The van der Waals surface area contributed by atoms with Crippen LogP contribution in [0.2, 0.25) is 0 Å². The second-order valence-electron chi connectivity index (χ2n) is 5.71. The maximum absolute atomic E-state index is 5.37. The lowest BCUT2D eigenvalue weighted by Gasteiger charge is -2.25. The summed E-state index contributed by atoms with van der Waals surface area (Å²) < 4.78 is 5.37. The van der Waals surface area contributed by atoms with Crippen LogP contribution in [0.25, 0.3) is 0 Å². The van der Waals surface area contributed by atoms with Crippen LogP contribution in [0.3, 0.4) is 0 Å². The molecule has 0 heterocycles. The smallest absolute Gasteiger partial charge is 0.191 e. The second-order valence-corrected chi connectivity index (χ2v) is 5.71. The van der Waals surface area contributed by atoms with Crippen molar-refractivity contribution < 1.29 is 4.74 Å². The van der Waals surface area contributed by atoms with Crippen molar-refractivity contribution in [1.82, 2.24) is 10.6 Å². The number of hydrogen-bond donors (Lipinski definition) is 2. The lowest BCUT2D eigenvalue weighted by molar-refractivity contribution is 0.409. The molecule has 1 aromatic carbocycles. The van der Waals surface area contributed by atoms with Gasteiger partial charge in [0.2, 0.25) is 0 Å². The molecule has 2 N–H and O–H groups in total. The number of guanidine groups is 1. The van der Waals surface area contributed by atoms with Gasteiger partial charge in [0, 0.05) is 19.6 Å². The Kier molecular flexibility index (Phi) is 8.60. The lowest BCUT2D eigenvalue weighted by atomic mass is 9.96. The summed E-state index contributed by atoms with van der Waals surface area (Å²) in [6.45, 7) is 2.81. The third-order valence-corrected chi connectivity index (χ3v) is 4.10. The first-order chi connectivity index (χ1) is 10.2. The van der Waals surface area contributed by atoms with Crippen molar-refractivity contribution in [1.29, 1.82) is 0 Å². The van der Waals surface area contributed by atoms with Gasteiger partial charge in [0.25, 0.3) is 0 Å². The minimum absolute atomic E-state index is 0. The van der Waals surface area contributed by atoms with Gasteiger partial charge in [0.05, 0.1) is 7.11 Å². The number of methoxy groups -OCH3 is 1. The van der Waals surface area contributed by atoms with Crippen molar-refractivity contribution in [3.05, 3.63) is 29.3 Å². The zero-order valence-corrected chi connectivity index (χ0v) is 16.1. The Morgan fingerprint density at radius 1 is 1.27 bits per heavy atom. The molecule has 0 atom stereocenters. The first-order valence-corrected chi connectivity index (χ1v) is 7.83. The van der Waals surface area contributed by atoms with E-state index in [1.807, 2.05) is 7.05 Å². The molecule has 1 saturated carbocycles. The molecule has 22 heavy (non-hydrogen) atoms. The van der Waals surface area contributed by atoms with Crippen LogP contribution in [0.5, 0.6) is 5.75 Å². The average molecular weight is 417 g/mol. The zero-order chi connectivity index (χ0) is 15.1. The quantitative estimate of drug-likeness (QED) is 0.447. The van der Waals surface area contributed by atoms with E-state index in [0.29, 0.717) is 6.04 Å². The van der Waals surface area contributed by atoms with Gasteiger partial charge in [-0.15, -0.1) is 24.0 Å². The third kappa shape index (κ3) is 5.66.